The molecule has 10 nitrogen and oxygen atoms in total. The van der Waals surface area contributed by atoms with Crippen LogP contribution < -0.4 is 10.0 Å². The predicted octanol–water partition coefficient (Wildman–Crippen LogP) is 3.45. The van der Waals surface area contributed by atoms with Gasteiger partial charge >= 0.3 is 5.97 Å². The lowest BCUT2D eigenvalue weighted by Gasteiger charge is -2.09. The zero-order valence-corrected chi connectivity index (χ0v) is 17.5. The molecule has 0 fully saturated rings. The van der Waals surface area contributed by atoms with Gasteiger partial charge in [-0.2, -0.15) is 5.26 Å². The van der Waals surface area contributed by atoms with E-state index in [1.54, 1.807) is 18.2 Å². The number of amides is 1. The number of hydrogen-bond donors (Lipinski definition) is 3. The van der Waals surface area contributed by atoms with Crippen LogP contribution in [-0.4, -0.2) is 30.6 Å². The standard InChI is InChI=1S/C22H14N4O6S/c23-12-13-6-8-18(16(10-13)22(28)29)24-21(27)20-17-11-14(7-9-19(17)32-25-20)26-33(30,31)15-4-2-1-3-5-15/h1-11,26H,(H,24,27)(H,28,29). The molecule has 0 saturated carbocycles. The van der Waals surface area contributed by atoms with E-state index < -0.39 is 21.9 Å². The Morgan fingerprint density at radius 2 is 1.79 bits per heavy atom. The van der Waals surface area contributed by atoms with Crippen molar-refractivity contribution in [1.82, 2.24) is 5.16 Å². The van der Waals surface area contributed by atoms with Crippen LogP contribution in [0.25, 0.3) is 11.0 Å². The fourth-order valence-electron chi connectivity index (χ4n) is 3.06. The van der Waals surface area contributed by atoms with Crippen LogP contribution in [0, 0.1) is 11.3 Å². The molecule has 0 aliphatic carbocycles. The summed E-state index contributed by atoms with van der Waals surface area (Å²) < 4.78 is 32.7. The summed E-state index contributed by atoms with van der Waals surface area (Å²) in [5.74, 6) is -2.10. The van der Waals surface area contributed by atoms with Crippen molar-refractivity contribution >= 4 is 44.2 Å². The van der Waals surface area contributed by atoms with Gasteiger partial charge in [-0.15, -0.1) is 0 Å². The molecule has 0 saturated heterocycles. The second kappa shape index (κ2) is 8.45. The number of carbonyl (C=O) groups excluding carboxylic acids is 1. The van der Waals surface area contributed by atoms with E-state index in [1.807, 2.05) is 6.07 Å². The molecule has 0 bridgehead atoms. The maximum absolute atomic E-state index is 12.8. The predicted molar refractivity (Wildman–Crippen MR) is 117 cm³/mol. The number of nitriles is 1. The number of benzene rings is 3. The van der Waals surface area contributed by atoms with Gasteiger partial charge in [-0.05, 0) is 48.5 Å². The van der Waals surface area contributed by atoms with Gasteiger partial charge in [-0.3, -0.25) is 9.52 Å². The quantitative estimate of drug-likeness (QED) is 0.392. The zero-order chi connectivity index (χ0) is 23.6. The highest BCUT2D eigenvalue weighted by Crippen LogP contribution is 2.26. The maximum Gasteiger partial charge on any atom is 0.337 e. The van der Waals surface area contributed by atoms with Gasteiger partial charge in [0.05, 0.1) is 33.2 Å². The number of nitrogens with zero attached hydrogens (tertiary/aromatic N) is 2. The van der Waals surface area contributed by atoms with E-state index in [0.717, 1.165) is 6.07 Å². The summed E-state index contributed by atoms with van der Waals surface area (Å²) in [5.41, 5.74) is 0.0310. The van der Waals surface area contributed by atoms with E-state index in [1.165, 1.54) is 42.5 Å². The molecule has 1 heterocycles. The van der Waals surface area contributed by atoms with Crippen LogP contribution in [0.1, 0.15) is 26.4 Å². The number of rotatable bonds is 6. The molecule has 4 rings (SSSR count). The van der Waals surface area contributed by atoms with Gasteiger partial charge in [-0.1, -0.05) is 23.4 Å². The second-order valence-corrected chi connectivity index (χ2v) is 8.47. The lowest BCUT2D eigenvalue weighted by Crippen LogP contribution is -2.16. The summed E-state index contributed by atoms with van der Waals surface area (Å²) >= 11 is 0. The summed E-state index contributed by atoms with van der Waals surface area (Å²) in [6, 6.07) is 17.7. The minimum atomic E-state index is -3.86. The number of aromatic carboxylic acids is 1. The zero-order valence-electron chi connectivity index (χ0n) is 16.6. The van der Waals surface area contributed by atoms with E-state index in [4.69, 9.17) is 9.78 Å². The third-order valence-electron chi connectivity index (χ3n) is 4.62. The van der Waals surface area contributed by atoms with Crippen molar-refractivity contribution in [3.8, 4) is 6.07 Å². The fraction of sp³-hybridized carbons (Fsp3) is 0. The number of carboxylic acids is 1. The Morgan fingerprint density at radius 3 is 2.48 bits per heavy atom. The number of nitrogens with one attached hydrogen (secondary N) is 2. The lowest BCUT2D eigenvalue weighted by molar-refractivity contribution is 0.0698. The Bertz CT molecular complexity index is 1540. The normalized spacial score (nSPS) is 11.0. The van der Waals surface area contributed by atoms with Crippen LogP contribution in [0.2, 0.25) is 0 Å². The van der Waals surface area contributed by atoms with Crippen molar-refractivity contribution in [3.05, 3.63) is 83.6 Å². The highest BCUT2D eigenvalue weighted by atomic mass is 32.2. The van der Waals surface area contributed by atoms with Gasteiger partial charge in [-0.25, -0.2) is 13.2 Å². The van der Waals surface area contributed by atoms with Crippen LogP contribution in [0.4, 0.5) is 11.4 Å². The number of carboxylic acid groups (broad SMARTS) is 1. The molecule has 1 amide bonds. The smallest absolute Gasteiger partial charge is 0.337 e. The largest absolute Gasteiger partial charge is 0.478 e. The number of carbonyl (C=O) groups is 2. The first-order valence-electron chi connectivity index (χ1n) is 9.34. The van der Waals surface area contributed by atoms with E-state index in [9.17, 15) is 23.1 Å². The highest BCUT2D eigenvalue weighted by molar-refractivity contribution is 7.92. The monoisotopic (exact) mass is 462 g/mol. The second-order valence-electron chi connectivity index (χ2n) is 6.79. The molecule has 3 N–H and O–H groups in total. The molecule has 1 aromatic heterocycles. The van der Waals surface area contributed by atoms with Crippen molar-refractivity contribution in [2.75, 3.05) is 10.0 Å². The summed E-state index contributed by atoms with van der Waals surface area (Å²) in [6.45, 7) is 0. The fourth-order valence-corrected chi connectivity index (χ4v) is 4.13. The van der Waals surface area contributed by atoms with E-state index >= 15 is 0 Å². The average Bonchev–Trinajstić information content (AvgIpc) is 3.23. The van der Waals surface area contributed by atoms with Gasteiger partial charge in [0.25, 0.3) is 15.9 Å². The van der Waals surface area contributed by atoms with Crippen molar-refractivity contribution in [2.24, 2.45) is 0 Å². The summed E-state index contributed by atoms with van der Waals surface area (Å²) in [4.78, 5) is 24.4. The number of anilines is 2. The van der Waals surface area contributed by atoms with Crippen LogP contribution in [0.5, 0.6) is 0 Å². The van der Waals surface area contributed by atoms with Crippen molar-refractivity contribution in [2.45, 2.75) is 4.90 Å². The molecule has 3 aromatic carbocycles. The Balaban J connectivity index is 1.65. The van der Waals surface area contributed by atoms with E-state index in [2.05, 4.69) is 15.2 Å². The molecule has 0 unspecified atom stereocenters. The minimum absolute atomic E-state index is 0.0383. The first-order chi connectivity index (χ1) is 15.8. The van der Waals surface area contributed by atoms with Crippen LogP contribution in [0.15, 0.2) is 76.1 Å². The highest BCUT2D eigenvalue weighted by Gasteiger charge is 2.21. The van der Waals surface area contributed by atoms with E-state index in [-0.39, 0.29) is 44.1 Å². The molecule has 0 aliphatic rings. The van der Waals surface area contributed by atoms with Crippen LogP contribution in [-0.2, 0) is 10.0 Å². The SMILES string of the molecule is N#Cc1ccc(NC(=O)c2noc3ccc(NS(=O)(=O)c4ccccc4)cc23)c(C(=O)O)c1. The molecule has 0 spiro atoms. The van der Waals surface area contributed by atoms with Gasteiger partial charge < -0.3 is 14.9 Å². The van der Waals surface area contributed by atoms with Crippen molar-refractivity contribution in [1.29, 1.82) is 5.26 Å². The molecule has 0 atom stereocenters. The first kappa shape index (κ1) is 21.5. The Morgan fingerprint density at radius 1 is 1.03 bits per heavy atom. The molecule has 11 heteroatoms. The van der Waals surface area contributed by atoms with Crippen molar-refractivity contribution < 1.29 is 27.6 Å². The minimum Gasteiger partial charge on any atom is -0.478 e. The van der Waals surface area contributed by atoms with Crippen LogP contribution >= 0.6 is 0 Å². The van der Waals surface area contributed by atoms with Gasteiger partial charge in [0, 0.05) is 5.69 Å². The average molecular weight is 462 g/mol. The van der Waals surface area contributed by atoms with Gasteiger partial charge in [0.1, 0.15) is 0 Å². The molecular weight excluding hydrogens is 448 g/mol. The van der Waals surface area contributed by atoms with E-state index in [0.29, 0.717) is 0 Å². The number of aromatic nitrogens is 1. The van der Waals surface area contributed by atoms with Crippen molar-refractivity contribution in [3.63, 3.8) is 0 Å². The van der Waals surface area contributed by atoms with Gasteiger partial charge in [0.2, 0.25) is 0 Å². The third kappa shape index (κ3) is 4.36. The molecular formula is C22H14N4O6S. The summed E-state index contributed by atoms with van der Waals surface area (Å²) in [5, 5.41) is 24.7. The van der Waals surface area contributed by atoms with Gasteiger partial charge in [0.15, 0.2) is 11.3 Å². The molecule has 33 heavy (non-hydrogen) atoms. The first-order valence-corrected chi connectivity index (χ1v) is 10.8. The number of hydrogen-bond acceptors (Lipinski definition) is 7. The Labute approximate surface area is 187 Å². The molecule has 164 valence electrons. The summed E-state index contributed by atoms with van der Waals surface area (Å²) in [6.07, 6.45) is 0. The molecule has 4 aromatic rings. The maximum atomic E-state index is 12.8. The Hall–Kier alpha value is -4.69. The van der Waals surface area contributed by atoms with Crippen LogP contribution in [0.3, 0.4) is 0 Å². The third-order valence-corrected chi connectivity index (χ3v) is 6.02. The Kier molecular flexibility index (Phi) is 5.51. The summed E-state index contributed by atoms with van der Waals surface area (Å²) in [7, 11) is -3.86. The molecule has 0 aliphatic heterocycles. The molecule has 0 radical (unpaired) electrons. The lowest BCUT2D eigenvalue weighted by atomic mass is 10.1. The number of fused-ring (bicyclic) bond motifs is 1. The number of sulfonamides is 1. The topological polar surface area (TPSA) is 162 Å².